The van der Waals surface area contributed by atoms with E-state index in [2.05, 4.69) is 4.99 Å². The Kier molecular flexibility index (Phi) is 6.88. The number of esters is 1. The molecule has 1 aliphatic heterocycles. The number of furan rings is 1. The Hall–Kier alpha value is -4.21. The van der Waals surface area contributed by atoms with Gasteiger partial charge in [0.2, 0.25) is 0 Å². The summed E-state index contributed by atoms with van der Waals surface area (Å²) in [5.74, 6) is -0.574. The quantitative estimate of drug-likeness (QED) is 0.357. The molecular formula is C28H21ClN2O6S. The summed E-state index contributed by atoms with van der Waals surface area (Å²) in [6.45, 7) is 3.63. The van der Waals surface area contributed by atoms with Gasteiger partial charge in [-0.15, -0.1) is 0 Å². The lowest BCUT2D eigenvalue weighted by atomic mass is 9.96. The molecule has 10 heteroatoms. The number of rotatable bonds is 6. The SMILES string of the molecule is CCOC(=O)C1=C(C)N=c2sc(=Cc3ccc(-c4ccc(C(=O)O)cc4)o3)c(=O)n2[C@H]1c1ccc(Cl)cc1. The molecule has 0 bridgehead atoms. The maximum absolute atomic E-state index is 13.7. The van der Waals surface area contributed by atoms with Crippen molar-refractivity contribution in [3.8, 4) is 11.3 Å². The van der Waals surface area contributed by atoms with Crippen LogP contribution in [0.2, 0.25) is 5.02 Å². The van der Waals surface area contributed by atoms with Crippen LogP contribution in [0.4, 0.5) is 0 Å². The minimum Gasteiger partial charge on any atom is -0.478 e. The van der Waals surface area contributed by atoms with Crippen LogP contribution in [0.25, 0.3) is 17.4 Å². The highest BCUT2D eigenvalue weighted by Gasteiger charge is 2.33. The van der Waals surface area contributed by atoms with Gasteiger partial charge in [0.25, 0.3) is 5.56 Å². The Morgan fingerprint density at radius 1 is 1.13 bits per heavy atom. The van der Waals surface area contributed by atoms with Crippen molar-refractivity contribution in [2.45, 2.75) is 19.9 Å². The van der Waals surface area contributed by atoms with E-state index in [1.807, 2.05) is 0 Å². The number of halogens is 1. The maximum atomic E-state index is 13.7. The minimum absolute atomic E-state index is 0.175. The third kappa shape index (κ3) is 4.73. The van der Waals surface area contributed by atoms with Gasteiger partial charge in [0, 0.05) is 16.7 Å². The van der Waals surface area contributed by atoms with Gasteiger partial charge in [0.15, 0.2) is 4.80 Å². The van der Waals surface area contributed by atoms with Gasteiger partial charge >= 0.3 is 11.9 Å². The number of aromatic carboxylic acids is 1. The third-order valence-corrected chi connectivity index (χ3v) is 7.25. The average Bonchev–Trinajstić information content (AvgIpc) is 3.48. The van der Waals surface area contributed by atoms with Crippen molar-refractivity contribution in [2.75, 3.05) is 6.61 Å². The van der Waals surface area contributed by atoms with Crippen molar-refractivity contribution in [1.82, 2.24) is 4.57 Å². The smallest absolute Gasteiger partial charge is 0.338 e. The van der Waals surface area contributed by atoms with E-state index in [1.165, 1.54) is 28.0 Å². The molecule has 1 atom stereocenters. The highest BCUT2D eigenvalue weighted by molar-refractivity contribution is 7.07. The molecule has 3 heterocycles. The van der Waals surface area contributed by atoms with Gasteiger partial charge < -0.3 is 14.3 Å². The predicted molar refractivity (Wildman–Crippen MR) is 143 cm³/mol. The summed E-state index contributed by atoms with van der Waals surface area (Å²) >= 11 is 7.28. The van der Waals surface area contributed by atoms with E-state index >= 15 is 0 Å². The van der Waals surface area contributed by atoms with Crippen molar-refractivity contribution < 1.29 is 23.8 Å². The summed E-state index contributed by atoms with van der Waals surface area (Å²) in [6, 6.07) is 16.0. The number of carboxylic acid groups (broad SMARTS) is 1. The monoisotopic (exact) mass is 548 g/mol. The summed E-state index contributed by atoms with van der Waals surface area (Å²) in [5.41, 5.74) is 2.01. The third-order valence-electron chi connectivity index (χ3n) is 6.02. The number of thiazole rings is 1. The zero-order chi connectivity index (χ0) is 27.0. The molecule has 0 aliphatic carbocycles. The van der Waals surface area contributed by atoms with Crippen molar-refractivity contribution in [1.29, 1.82) is 0 Å². The zero-order valence-electron chi connectivity index (χ0n) is 20.3. The molecule has 5 rings (SSSR count). The van der Waals surface area contributed by atoms with Crippen molar-refractivity contribution in [3.05, 3.63) is 114 Å². The van der Waals surface area contributed by atoms with Crippen LogP contribution in [-0.4, -0.2) is 28.2 Å². The number of nitrogens with zero attached hydrogens (tertiary/aromatic N) is 2. The summed E-state index contributed by atoms with van der Waals surface area (Å²) < 4.78 is 13.1. The first-order valence-corrected chi connectivity index (χ1v) is 12.8. The Labute approximate surface area is 225 Å². The molecule has 38 heavy (non-hydrogen) atoms. The molecule has 0 fully saturated rings. The van der Waals surface area contributed by atoms with Gasteiger partial charge in [-0.25, -0.2) is 14.6 Å². The molecule has 192 valence electrons. The van der Waals surface area contributed by atoms with E-state index in [0.29, 0.717) is 48.3 Å². The molecule has 2 aromatic carbocycles. The van der Waals surface area contributed by atoms with Gasteiger partial charge in [-0.1, -0.05) is 47.2 Å². The van der Waals surface area contributed by atoms with Gasteiger partial charge in [-0.2, -0.15) is 0 Å². The Balaban J connectivity index is 1.59. The van der Waals surface area contributed by atoms with Crippen LogP contribution in [0.3, 0.4) is 0 Å². The highest BCUT2D eigenvalue weighted by atomic mass is 35.5. The Bertz CT molecular complexity index is 1760. The van der Waals surface area contributed by atoms with Crippen LogP contribution in [0, 0.1) is 0 Å². The molecule has 0 spiro atoms. The molecule has 0 unspecified atom stereocenters. The second-order valence-electron chi connectivity index (χ2n) is 8.44. The van der Waals surface area contributed by atoms with Crippen LogP contribution in [0.1, 0.15) is 41.6 Å². The van der Waals surface area contributed by atoms with Crippen LogP contribution in [0.15, 0.2) is 86.1 Å². The van der Waals surface area contributed by atoms with Crippen LogP contribution < -0.4 is 14.9 Å². The molecule has 0 saturated carbocycles. The maximum Gasteiger partial charge on any atom is 0.338 e. The molecule has 2 aromatic heterocycles. The number of carbonyl (C=O) groups is 2. The number of allylic oxidation sites excluding steroid dienone is 1. The van der Waals surface area contributed by atoms with Crippen molar-refractivity contribution >= 4 is 41.0 Å². The lowest BCUT2D eigenvalue weighted by Crippen LogP contribution is -2.39. The summed E-state index contributed by atoms with van der Waals surface area (Å²) in [7, 11) is 0. The summed E-state index contributed by atoms with van der Waals surface area (Å²) in [4.78, 5) is 42.7. The first-order chi connectivity index (χ1) is 18.3. The van der Waals surface area contributed by atoms with E-state index in [0.717, 1.165) is 0 Å². The zero-order valence-corrected chi connectivity index (χ0v) is 21.9. The molecular weight excluding hydrogens is 528 g/mol. The van der Waals surface area contributed by atoms with Gasteiger partial charge in [-0.05, 0) is 55.8 Å². The van der Waals surface area contributed by atoms with Crippen molar-refractivity contribution in [2.24, 2.45) is 4.99 Å². The summed E-state index contributed by atoms with van der Waals surface area (Å²) in [6.07, 6.45) is 1.63. The Morgan fingerprint density at radius 3 is 2.50 bits per heavy atom. The number of aromatic nitrogens is 1. The number of hydrogen-bond donors (Lipinski definition) is 1. The van der Waals surface area contributed by atoms with Gasteiger partial charge in [0.1, 0.15) is 11.5 Å². The molecule has 1 aliphatic rings. The molecule has 0 amide bonds. The minimum atomic E-state index is -1.01. The second kappa shape index (κ2) is 10.3. The lowest BCUT2D eigenvalue weighted by molar-refractivity contribution is -0.139. The topological polar surface area (TPSA) is 111 Å². The van der Waals surface area contributed by atoms with Crippen LogP contribution >= 0.6 is 22.9 Å². The van der Waals surface area contributed by atoms with Crippen LogP contribution in [0.5, 0.6) is 0 Å². The molecule has 8 nitrogen and oxygen atoms in total. The lowest BCUT2D eigenvalue weighted by Gasteiger charge is -2.24. The molecule has 4 aromatic rings. The number of benzene rings is 2. The predicted octanol–water partition coefficient (Wildman–Crippen LogP) is 4.41. The normalized spacial score (nSPS) is 15.2. The van der Waals surface area contributed by atoms with E-state index in [1.54, 1.807) is 68.5 Å². The van der Waals surface area contributed by atoms with Gasteiger partial charge in [-0.3, -0.25) is 9.36 Å². The first-order valence-electron chi connectivity index (χ1n) is 11.7. The number of hydrogen-bond acceptors (Lipinski definition) is 7. The van der Waals surface area contributed by atoms with Crippen LogP contribution in [-0.2, 0) is 9.53 Å². The van der Waals surface area contributed by atoms with E-state index in [9.17, 15) is 14.4 Å². The molecule has 0 radical (unpaired) electrons. The summed E-state index contributed by atoms with van der Waals surface area (Å²) in [5, 5.41) is 9.64. The van der Waals surface area contributed by atoms with E-state index in [4.69, 9.17) is 25.9 Å². The van der Waals surface area contributed by atoms with E-state index in [-0.39, 0.29) is 17.7 Å². The average molecular weight is 549 g/mol. The number of carbonyl (C=O) groups excluding carboxylic acids is 1. The fourth-order valence-corrected chi connectivity index (χ4v) is 5.40. The standard InChI is InChI=1S/C28H21ClN2O6S/c1-3-36-27(35)23-15(2)30-28-31(24(23)17-8-10-19(29)11-9-17)25(32)22(38-28)14-20-12-13-21(37-20)16-4-6-18(7-5-16)26(33)34/h4-14,24H,3H2,1-2H3,(H,33,34)/t24-/m0/s1. The number of fused-ring (bicyclic) bond motifs is 1. The largest absolute Gasteiger partial charge is 0.478 e. The molecule has 0 saturated heterocycles. The van der Waals surface area contributed by atoms with Gasteiger partial charge in [0.05, 0.1) is 34.0 Å². The fraction of sp³-hybridized carbons (Fsp3) is 0.143. The van der Waals surface area contributed by atoms with E-state index < -0.39 is 18.0 Å². The number of carboxylic acids is 1. The highest BCUT2D eigenvalue weighted by Crippen LogP contribution is 2.31. The number of ether oxygens (including phenoxy) is 1. The molecule has 1 N–H and O–H groups in total. The Morgan fingerprint density at radius 2 is 1.84 bits per heavy atom. The second-order valence-corrected chi connectivity index (χ2v) is 9.88. The first kappa shape index (κ1) is 25.4. The van der Waals surface area contributed by atoms with Crippen molar-refractivity contribution in [3.63, 3.8) is 0 Å². The fourth-order valence-electron chi connectivity index (χ4n) is 4.24.